The minimum atomic E-state index is -2.71. The van der Waals surface area contributed by atoms with Gasteiger partial charge in [-0.05, 0) is 116 Å². The van der Waals surface area contributed by atoms with E-state index < -0.39 is 30.1 Å². The Labute approximate surface area is 296 Å². The summed E-state index contributed by atoms with van der Waals surface area (Å²) in [5, 5.41) is 5.31. The molecule has 7 rings (SSSR count). The van der Waals surface area contributed by atoms with Crippen molar-refractivity contribution in [2.45, 2.75) is 103 Å². The summed E-state index contributed by atoms with van der Waals surface area (Å²) < 4.78 is 43.1. The van der Waals surface area contributed by atoms with Crippen LogP contribution in [0.4, 0.5) is 30.4 Å². The second kappa shape index (κ2) is 13.0. The van der Waals surface area contributed by atoms with Gasteiger partial charge in [0.25, 0.3) is 12.3 Å². The first-order valence-electron chi connectivity index (χ1n) is 17.9. The topological polar surface area (TPSA) is 95.4 Å². The van der Waals surface area contributed by atoms with E-state index in [1.807, 2.05) is 61.4 Å². The number of hydrogen-bond donors (Lipinski definition) is 2. The van der Waals surface area contributed by atoms with Crippen LogP contribution < -0.4 is 15.5 Å². The largest absolute Gasteiger partial charge is 0.346 e. The Bertz CT molecular complexity index is 2010. The molecule has 1 saturated heterocycles. The Kier molecular flexibility index (Phi) is 8.88. The van der Waals surface area contributed by atoms with Crippen molar-refractivity contribution in [1.82, 2.24) is 24.8 Å². The van der Waals surface area contributed by atoms with E-state index in [-0.39, 0.29) is 34.8 Å². The lowest BCUT2D eigenvalue weighted by Gasteiger charge is -2.55. The normalized spacial score (nSPS) is 21.7. The SMILES string of the molecule is Cc1cc(F)c(Nc2nc(-c3ccc4c(c3)N(C3CC(C)(N5CCCCC5)C3)C(=O)C4(C)C)cc3ncn(C(C)C)c23)cc1C(=O)NCC(F)F. The van der Waals surface area contributed by atoms with Gasteiger partial charge in [-0.15, -0.1) is 0 Å². The standard InChI is InChI=1S/C39H46F3N7O2/c1-22(2)48-21-44-31-17-29(45-35(34(31)48)46-30-16-26(23(3)14-28(30)40)36(50)43-20-33(41)42)24-10-11-27-32(15-24)49(37(51)38(27,4)5)25-18-39(6,19-25)47-12-8-7-9-13-47/h10-11,14-17,21-22,25,33H,7-9,12-13,18-20H2,1-6H3,(H,43,50)(H,45,46). The summed E-state index contributed by atoms with van der Waals surface area (Å²) in [6.07, 6.45) is 4.57. The van der Waals surface area contributed by atoms with E-state index in [0.717, 1.165) is 42.7 Å². The number of aryl methyl sites for hydroxylation is 1. The van der Waals surface area contributed by atoms with Crippen molar-refractivity contribution in [3.05, 3.63) is 65.2 Å². The number of benzene rings is 2. The number of piperidine rings is 1. The number of aromatic nitrogens is 3. The molecule has 9 nitrogen and oxygen atoms in total. The number of nitrogens with one attached hydrogen (secondary N) is 2. The van der Waals surface area contributed by atoms with Gasteiger partial charge in [0.2, 0.25) is 5.91 Å². The van der Waals surface area contributed by atoms with Gasteiger partial charge >= 0.3 is 0 Å². The minimum Gasteiger partial charge on any atom is -0.346 e. The predicted octanol–water partition coefficient (Wildman–Crippen LogP) is 7.90. The lowest BCUT2D eigenvalue weighted by molar-refractivity contribution is -0.123. The van der Waals surface area contributed by atoms with Crippen molar-refractivity contribution < 1.29 is 22.8 Å². The first-order valence-corrected chi connectivity index (χ1v) is 17.9. The Hall–Kier alpha value is -4.45. The molecule has 0 atom stereocenters. The van der Waals surface area contributed by atoms with Crippen LogP contribution in [0.1, 0.15) is 94.2 Å². The number of amides is 2. The maximum Gasteiger partial charge on any atom is 0.255 e. The summed E-state index contributed by atoms with van der Waals surface area (Å²) in [5.41, 5.74) is 4.27. The fraction of sp³-hybridized carbons (Fsp3) is 0.487. The number of fused-ring (bicyclic) bond motifs is 2. The van der Waals surface area contributed by atoms with E-state index in [1.54, 1.807) is 13.3 Å². The highest BCUT2D eigenvalue weighted by atomic mass is 19.3. The lowest BCUT2D eigenvalue weighted by atomic mass is 9.71. The molecule has 2 aromatic carbocycles. The molecular weight excluding hydrogens is 655 g/mol. The van der Waals surface area contributed by atoms with E-state index in [4.69, 9.17) is 4.98 Å². The monoisotopic (exact) mass is 701 g/mol. The Morgan fingerprint density at radius 3 is 2.45 bits per heavy atom. The lowest BCUT2D eigenvalue weighted by Crippen LogP contribution is -2.64. The third-order valence-electron chi connectivity index (χ3n) is 11.2. The van der Waals surface area contributed by atoms with Gasteiger partial charge in [-0.3, -0.25) is 14.5 Å². The zero-order chi connectivity index (χ0) is 36.4. The van der Waals surface area contributed by atoms with Gasteiger partial charge in [-0.2, -0.15) is 0 Å². The molecule has 2 N–H and O–H groups in total. The van der Waals surface area contributed by atoms with Gasteiger partial charge < -0.3 is 20.1 Å². The molecule has 51 heavy (non-hydrogen) atoms. The molecule has 1 saturated carbocycles. The van der Waals surface area contributed by atoms with Crippen LogP contribution in [0.3, 0.4) is 0 Å². The average Bonchev–Trinajstić information content (AvgIpc) is 3.60. The zero-order valence-corrected chi connectivity index (χ0v) is 30.1. The van der Waals surface area contributed by atoms with Gasteiger partial charge in [0.05, 0.1) is 35.2 Å². The number of halogens is 3. The number of anilines is 3. The average molecular weight is 702 g/mol. The van der Waals surface area contributed by atoms with Crippen LogP contribution in [-0.2, 0) is 10.2 Å². The maximum absolute atomic E-state index is 15.5. The maximum atomic E-state index is 15.5. The molecule has 2 aromatic heterocycles. The van der Waals surface area contributed by atoms with Gasteiger partial charge in [0.1, 0.15) is 11.3 Å². The molecule has 2 aliphatic heterocycles. The smallest absolute Gasteiger partial charge is 0.255 e. The van der Waals surface area contributed by atoms with Crippen molar-refractivity contribution in [3.63, 3.8) is 0 Å². The third-order valence-corrected chi connectivity index (χ3v) is 11.2. The van der Waals surface area contributed by atoms with E-state index in [1.165, 1.54) is 31.4 Å². The Morgan fingerprint density at radius 1 is 1.04 bits per heavy atom. The van der Waals surface area contributed by atoms with Crippen molar-refractivity contribution >= 4 is 40.0 Å². The van der Waals surface area contributed by atoms with Crippen molar-refractivity contribution in [2.75, 3.05) is 29.9 Å². The first kappa shape index (κ1) is 35.0. The summed E-state index contributed by atoms with van der Waals surface area (Å²) in [6, 6.07) is 10.5. The molecule has 0 radical (unpaired) electrons. The molecule has 3 aliphatic rings. The first-order chi connectivity index (χ1) is 24.2. The van der Waals surface area contributed by atoms with Crippen LogP contribution in [0.2, 0.25) is 0 Å². The molecule has 270 valence electrons. The van der Waals surface area contributed by atoms with Crippen molar-refractivity contribution in [2.24, 2.45) is 0 Å². The van der Waals surface area contributed by atoms with E-state index in [9.17, 15) is 18.4 Å². The highest BCUT2D eigenvalue weighted by Crippen LogP contribution is 2.50. The van der Waals surface area contributed by atoms with Crippen molar-refractivity contribution in [3.8, 4) is 11.3 Å². The molecule has 2 fully saturated rings. The predicted molar refractivity (Wildman–Crippen MR) is 193 cm³/mol. The Morgan fingerprint density at radius 2 is 1.76 bits per heavy atom. The molecule has 0 spiro atoms. The second-order valence-electron chi connectivity index (χ2n) is 15.5. The number of likely N-dealkylation sites (tertiary alicyclic amines) is 1. The van der Waals surface area contributed by atoms with Gasteiger partial charge in [-0.1, -0.05) is 18.6 Å². The number of rotatable bonds is 9. The zero-order valence-electron chi connectivity index (χ0n) is 30.1. The quantitative estimate of drug-likeness (QED) is 0.184. The molecule has 12 heteroatoms. The number of imidazole rings is 1. The number of alkyl halides is 2. The van der Waals surface area contributed by atoms with Crippen LogP contribution >= 0.6 is 0 Å². The van der Waals surface area contributed by atoms with Crippen LogP contribution in [0.15, 0.2) is 42.7 Å². The second-order valence-corrected chi connectivity index (χ2v) is 15.5. The minimum absolute atomic E-state index is 0.00152. The highest BCUT2D eigenvalue weighted by molar-refractivity contribution is 6.09. The van der Waals surface area contributed by atoms with Gasteiger partial charge in [-0.25, -0.2) is 23.1 Å². The number of pyridine rings is 1. The van der Waals surface area contributed by atoms with E-state index >= 15 is 4.39 Å². The van der Waals surface area contributed by atoms with Crippen LogP contribution in [0.25, 0.3) is 22.3 Å². The molecule has 4 aromatic rings. The van der Waals surface area contributed by atoms with Crippen molar-refractivity contribution in [1.29, 1.82) is 0 Å². The van der Waals surface area contributed by atoms with E-state index in [2.05, 4.69) is 27.4 Å². The number of hydrogen-bond acceptors (Lipinski definition) is 6. The fourth-order valence-corrected chi connectivity index (χ4v) is 8.23. The van der Waals surface area contributed by atoms with Gasteiger partial charge in [0.15, 0.2) is 5.82 Å². The molecule has 1 aliphatic carbocycles. The van der Waals surface area contributed by atoms with Gasteiger partial charge in [0, 0.05) is 34.4 Å². The van der Waals surface area contributed by atoms with E-state index in [0.29, 0.717) is 28.1 Å². The molecule has 4 heterocycles. The third kappa shape index (κ3) is 6.15. The van der Waals surface area contributed by atoms with Crippen LogP contribution in [0, 0.1) is 12.7 Å². The summed E-state index contributed by atoms with van der Waals surface area (Å²) in [7, 11) is 0. The molecule has 2 amide bonds. The molecule has 0 bridgehead atoms. The van der Waals surface area contributed by atoms with Crippen LogP contribution in [-0.4, -0.2) is 68.9 Å². The summed E-state index contributed by atoms with van der Waals surface area (Å²) in [6.45, 7) is 13.3. The fourth-order valence-electron chi connectivity index (χ4n) is 8.23. The highest BCUT2D eigenvalue weighted by Gasteiger charge is 2.54. The number of carbonyl (C=O) groups excluding carboxylic acids is 2. The molecule has 0 unspecified atom stereocenters. The Balaban J connectivity index is 1.26. The summed E-state index contributed by atoms with van der Waals surface area (Å²) in [4.78, 5) is 41.1. The summed E-state index contributed by atoms with van der Waals surface area (Å²) >= 11 is 0. The number of nitrogens with zero attached hydrogens (tertiary/aromatic N) is 5. The summed E-state index contributed by atoms with van der Waals surface area (Å²) in [5.74, 6) is -0.928. The van der Waals surface area contributed by atoms with Crippen LogP contribution in [0.5, 0.6) is 0 Å². The number of carbonyl (C=O) groups is 2. The molecular formula is C39H46F3N7O2.